The predicted octanol–water partition coefficient (Wildman–Crippen LogP) is 2.99. The molecule has 108 valence electrons. The Bertz CT molecular complexity index is 539. The summed E-state index contributed by atoms with van der Waals surface area (Å²) in [6.45, 7) is 5.50. The standard InChI is InChI=1S/C15H19NO4/c1-4-5-9(2)15(18)16-12-7-14-13(19-8-20-14)6-11(12)10(3)17/h6-7,9H,4-5,8H2,1-3H3,(H,16,18). The third-order valence-electron chi connectivity index (χ3n) is 3.32. The van der Waals surface area contributed by atoms with Gasteiger partial charge in [0.15, 0.2) is 17.3 Å². The van der Waals surface area contributed by atoms with E-state index < -0.39 is 0 Å². The van der Waals surface area contributed by atoms with Gasteiger partial charge in [-0.25, -0.2) is 0 Å². The zero-order valence-corrected chi connectivity index (χ0v) is 12.0. The molecule has 1 aromatic carbocycles. The van der Waals surface area contributed by atoms with E-state index in [9.17, 15) is 9.59 Å². The minimum absolute atomic E-state index is 0.0896. The predicted molar refractivity (Wildman–Crippen MR) is 75.3 cm³/mol. The molecule has 0 saturated carbocycles. The van der Waals surface area contributed by atoms with Gasteiger partial charge < -0.3 is 14.8 Å². The maximum absolute atomic E-state index is 12.1. The molecule has 1 heterocycles. The van der Waals surface area contributed by atoms with Crippen molar-refractivity contribution < 1.29 is 19.1 Å². The third-order valence-corrected chi connectivity index (χ3v) is 3.32. The third kappa shape index (κ3) is 2.92. The number of amides is 1. The van der Waals surface area contributed by atoms with Crippen LogP contribution in [0, 0.1) is 5.92 Å². The van der Waals surface area contributed by atoms with Crippen LogP contribution in [-0.2, 0) is 4.79 Å². The molecule has 1 aliphatic rings. The number of anilines is 1. The lowest BCUT2D eigenvalue weighted by molar-refractivity contribution is -0.119. The summed E-state index contributed by atoms with van der Waals surface area (Å²) in [6, 6.07) is 3.26. The molecule has 0 bridgehead atoms. The molecule has 5 nitrogen and oxygen atoms in total. The van der Waals surface area contributed by atoms with E-state index in [1.807, 2.05) is 13.8 Å². The molecule has 20 heavy (non-hydrogen) atoms. The lowest BCUT2D eigenvalue weighted by atomic mass is 10.0. The monoisotopic (exact) mass is 277 g/mol. The van der Waals surface area contributed by atoms with Gasteiger partial charge in [-0.15, -0.1) is 0 Å². The van der Waals surface area contributed by atoms with Crippen molar-refractivity contribution in [2.24, 2.45) is 5.92 Å². The van der Waals surface area contributed by atoms with Crippen molar-refractivity contribution in [3.05, 3.63) is 17.7 Å². The largest absolute Gasteiger partial charge is 0.454 e. The molecule has 0 aromatic heterocycles. The number of carbonyl (C=O) groups excluding carboxylic acids is 2. The Kier molecular flexibility index (Phi) is 4.27. The molecular weight excluding hydrogens is 258 g/mol. The fourth-order valence-electron chi connectivity index (χ4n) is 2.16. The average molecular weight is 277 g/mol. The Morgan fingerprint density at radius 1 is 1.30 bits per heavy atom. The summed E-state index contributed by atoms with van der Waals surface area (Å²) in [5.41, 5.74) is 0.918. The topological polar surface area (TPSA) is 64.6 Å². The van der Waals surface area contributed by atoms with E-state index in [0.717, 1.165) is 12.8 Å². The fourth-order valence-corrected chi connectivity index (χ4v) is 2.16. The summed E-state index contributed by atoms with van der Waals surface area (Å²) in [7, 11) is 0. The molecule has 0 radical (unpaired) electrons. The van der Waals surface area contributed by atoms with E-state index >= 15 is 0 Å². The molecule has 5 heteroatoms. The van der Waals surface area contributed by atoms with Crippen molar-refractivity contribution in [2.45, 2.75) is 33.6 Å². The molecule has 2 rings (SSSR count). The van der Waals surface area contributed by atoms with Crippen LogP contribution in [0.15, 0.2) is 12.1 Å². The van der Waals surface area contributed by atoms with E-state index in [2.05, 4.69) is 5.32 Å². The van der Waals surface area contributed by atoms with Crippen LogP contribution < -0.4 is 14.8 Å². The number of carbonyl (C=O) groups is 2. The lowest BCUT2D eigenvalue weighted by Crippen LogP contribution is -2.21. The first-order valence-corrected chi connectivity index (χ1v) is 6.78. The molecule has 1 unspecified atom stereocenters. The van der Waals surface area contributed by atoms with Gasteiger partial charge in [-0.05, 0) is 19.4 Å². The number of ether oxygens (including phenoxy) is 2. The normalized spacial score (nSPS) is 13.9. The van der Waals surface area contributed by atoms with Crippen molar-refractivity contribution in [2.75, 3.05) is 12.1 Å². The van der Waals surface area contributed by atoms with Crippen LogP contribution in [-0.4, -0.2) is 18.5 Å². The molecule has 0 spiro atoms. The van der Waals surface area contributed by atoms with Crippen molar-refractivity contribution in [3.63, 3.8) is 0 Å². The number of nitrogens with one attached hydrogen (secondary N) is 1. The zero-order valence-electron chi connectivity index (χ0n) is 12.0. The molecule has 1 aromatic rings. The first-order valence-electron chi connectivity index (χ1n) is 6.78. The van der Waals surface area contributed by atoms with Gasteiger partial charge in [0.25, 0.3) is 0 Å². The van der Waals surface area contributed by atoms with Gasteiger partial charge in [0.1, 0.15) is 0 Å². The summed E-state index contributed by atoms with van der Waals surface area (Å²) in [4.78, 5) is 23.8. The zero-order chi connectivity index (χ0) is 14.7. The Hall–Kier alpha value is -2.04. The van der Waals surface area contributed by atoms with E-state index in [1.54, 1.807) is 12.1 Å². The van der Waals surface area contributed by atoms with E-state index in [1.165, 1.54) is 6.92 Å². The molecular formula is C15H19NO4. The first-order chi connectivity index (χ1) is 9.52. The highest BCUT2D eigenvalue weighted by molar-refractivity contribution is 6.05. The second kappa shape index (κ2) is 5.94. The summed E-state index contributed by atoms with van der Waals surface area (Å²) in [5, 5.41) is 2.81. The second-order valence-electron chi connectivity index (χ2n) is 4.99. The Morgan fingerprint density at radius 2 is 1.95 bits per heavy atom. The van der Waals surface area contributed by atoms with Gasteiger partial charge >= 0.3 is 0 Å². The summed E-state index contributed by atoms with van der Waals surface area (Å²) < 4.78 is 10.5. The van der Waals surface area contributed by atoms with Crippen molar-refractivity contribution in [3.8, 4) is 11.5 Å². The smallest absolute Gasteiger partial charge is 0.231 e. The number of fused-ring (bicyclic) bond motifs is 1. The second-order valence-corrected chi connectivity index (χ2v) is 4.99. The molecule has 0 saturated heterocycles. The van der Waals surface area contributed by atoms with E-state index in [4.69, 9.17) is 9.47 Å². The molecule has 0 aliphatic carbocycles. The van der Waals surface area contributed by atoms with E-state index in [0.29, 0.717) is 22.7 Å². The van der Waals surface area contributed by atoms with Crippen LogP contribution in [0.25, 0.3) is 0 Å². The van der Waals surface area contributed by atoms with Gasteiger partial charge in [-0.1, -0.05) is 20.3 Å². The Morgan fingerprint density at radius 3 is 2.55 bits per heavy atom. The number of ketones is 1. The van der Waals surface area contributed by atoms with Gasteiger partial charge in [-0.2, -0.15) is 0 Å². The molecule has 0 fully saturated rings. The quantitative estimate of drug-likeness (QED) is 0.840. The van der Waals surface area contributed by atoms with Crippen molar-refractivity contribution in [1.29, 1.82) is 0 Å². The first kappa shape index (κ1) is 14.4. The number of Topliss-reactive ketones (excluding diaryl/α,β-unsaturated/α-hetero) is 1. The van der Waals surface area contributed by atoms with Gasteiger partial charge in [-0.3, -0.25) is 9.59 Å². The van der Waals surface area contributed by atoms with Crippen LogP contribution in [0.3, 0.4) is 0 Å². The lowest BCUT2D eigenvalue weighted by Gasteiger charge is -2.14. The fraction of sp³-hybridized carbons (Fsp3) is 0.467. The Balaban J connectivity index is 2.26. The highest BCUT2D eigenvalue weighted by Gasteiger charge is 2.21. The number of hydrogen-bond donors (Lipinski definition) is 1. The highest BCUT2D eigenvalue weighted by atomic mass is 16.7. The minimum atomic E-state index is -0.123. The van der Waals surface area contributed by atoms with Crippen LogP contribution in [0.5, 0.6) is 11.5 Å². The van der Waals surface area contributed by atoms with Gasteiger partial charge in [0.05, 0.1) is 5.69 Å². The molecule has 1 amide bonds. The van der Waals surface area contributed by atoms with Crippen molar-refractivity contribution in [1.82, 2.24) is 0 Å². The molecule has 1 N–H and O–H groups in total. The maximum Gasteiger partial charge on any atom is 0.231 e. The molecule has 1 aliphatic heterocycles. The van der Waals surface area contributed by atoms with E-state index in [-0.39, 0.29) is 24.4 Å². The average Bonchev–Trinajstić information content (AvgIpc) is 2.84. The SMILES string of the molecule is CCCC(C)C(=O)Nc1cc2c(cc1C(C)=O)OCO2. The van der Waals surface area contributed by atoms with Gasteiger partial charge in [0, 0.05) is 17.5 Å². The molecule has 1 atom stereocenters. The highest BCUT2D eigenvalue weighted by Crippen LogP contribution is 2.37. The van der Waals surface area contributed by atoms with Crippen LogP contribution >= 0.6 is 0 Å². The van der Waals surface area contributed by atoms with Crippen LogP contribution in [0.4, 0.5) is 5.69 Å². The van der Waals surface area contributed by atoms with Gasteiger partial charge in [0.2, 0.25) is 12.7 Å². The summed E-state index contributed by atoms with van der Waals surface area (Å²) in [6.07, 6.45) is 1.75. The number of rotatable bonds is 5. The number of benzene rings is 1. The Labute approximate surface area is 118 Å². The number of hydrogen-bond acceptors (Lipinski definition) is 4. The maximum atomic E-state index is 12.1. The van der Waals surface area contributed by atoms with Crippen LogP contribution in [0.2, 0.25) is 0 Å². The van der Waals surface area contributed by atoms with Crippen molar-refractivity contribution >= 4 is 17.4 Å². The minimum Gasteiger partial charge on any atom is -0.454 e. The van der Waals surface area contributed by atoms with Crippen LogP contribution in [0.1, 0.15) is 44.0 Å². The summed E-state index contributed by atoms with van der Waals surface area (Å²) in [5.74, 6) is 0.781. The summed E-state index contributed by atoms with van der Waals surface area (Å²) >= 11 is 0.